The number of hydrogen-bond acceptors (Lipinski definition) is 3. The average molecular weight is 272 g/mol. The topological polar surface area (TPSA) is 71.9 Å². The van der Waals surface area contributed by atoms with Gasteiger partial charge >= 0.3 is 12.2 Å². The molecule has 18 heavy (non-hydrogen) atoms. The molecule has 0 amide bonds. The third-order valence-corrected chi connectivity index (χ3v) is 7.75. The van der Waals surface area contributed by atoms with E-state index in [0.717, 1.165) is 19.1 Å². The van der Waals surface area contributed by atoms with Gasteiger partial charge in [-0.1, -0.05) is 20.8 Å². The summed E-state index contributed by atoms with van der Waals surface area (Å²) < 4.78 is 10.8. The standard InChI is InChI=1S/C12H24N2O3Si/c1-12(2,3)18(4,5)17-9-7-6-8-16-11(15)10-14-13/h10H,6-9H2,1-5H3. The maximum absolute atomic E-state index is 10.8. The van der Waals surface area contributed by atoms with Gasteiger partial charge in [0.05, 0.1) is 6.61 Å². The highest BCUT2D eigenvalue weighted by molar-refractivity contribution is 6.74. The van der Waals surface area contributed by atoms with Gasteiger partial charge in [0.25, 0.3) is 0 Å². The molecule has 0 aromatic rings. The molecular formula is C12H24N2O3Si. The van der Waals surface area contributed by atoms with Crippen LogP contribution in [0.4, 0.5) is 0 Å². The number of carbonyl (C=O) groups is 1. The van der Waals surface area contributed by atoms with E-state index in [4.69, 9.17) is 14.7 Å². The lowest BCUT2D eigenvalue weighted by molar-refractivity contribution is -0.139. The number of carbonyl (C=O) groups excluding carboxylic acids is 1. The molecule has 0 aliphatic heterocycles. The SMILES string of the molecule is CC(C)(C)[Si](C)(C)OCCCCOC(=O)C=[N+]=[N-]. The Hall–Kier alpha value is -0.973. The van der Waals surface area contributed by atoms with Crippen LogP contribution in [0.2, 0.25) is 18.1 Å². The zero-order chi connectivity index (χ0) is 14.2. The van der Waals surface area contributed by atoms with Gasteiger partial charge in [-0.05, 0) is 31.0 Å². The van der Waals surface area contributed by atoms with Crippen LogP contribution in [0, 0.1) is 0 Å². The summed E-state index contributed by atoms with van der Waals surface area (Å²) >= 11 is 0. The molecule has 0 spiro atoms. The first-order valence-electron chi connectivity index (χ1n) is 6.19. The lowest BCUT2D eigenvalue weighted by atomic mass is 10.2. The zero-order valence-electron chi connectivity index (χ0n) is 12.0. The van der Waals surface area contributed by atoms with Gasteiger partial charge in [0.1, 0.15) is 0 Å². The first-order chi connectivity index (χ1) is 8.20. The minimum atomic E-state index is -1.66. The van der Waals surface area contributed by atoms with Gasteiger partial charge in [0.2, 0.25) is 0 Å². The fourth-order valence-electron chi connectivity index (χ4n) is 1.01. The Morgan fingerprint density at radius 3 is 2.33 bits per heavy atom. The summed E-state index contributed by atoms with van der Waals surface area (Å²) in [6.45, 7) is 12.1. The maximum Gasteiger partial charge on any atom is 0.413 e. The summed E-state index contributed by atoms with van der Waals surface area (Å²) in [6, 6.07) is 0. The van der Waals surface area contributed by atoms with Crippen LogP contribution in [0.1, 0.15) is 33.6 Å². The summed E-state index contributed by atoms with van der Waals surface area (Å²) in [7, 11) is -1.66. The highest BCUT2D eigenvalue weighted by atomic mass is 28.4. The van der Waals surface area contributed by atoms with Crippen molar-refractivity contribution in [3.63, 3.8) is 0 Å². The van der Waals surface area contributed by atoms with Crippen molar-refractivity contribution in [2.24, 2.45) is 0 Å². The third kappa shape index (κ3) is 6.69. The molecule has 0 radical (unpaired) electrons. The summed E-state index contributed by atoms with van der Waals surface area (Å²) in [6.07, 6.45) is 2.35. The van der Waals surface area contributed by atoms with Crippen molar-refractivity contribution < 1.29 is 18.7 Å². The molecule has 0 saturated heterocycles. The van der Waals surface area contributed by atoms with Crippen molar-refractivity contribution in [2.75, 3.05) is 13.2 Å². The molecule has 0 saturated carbocycles. The van der Waals surface area contributed by atoms with E-state index in [0.29, 0.717) is 13.2 Å². The third-order valence-electron chi connectivity index (χ3n) is 3.22. The molecule has 6 heteroatoms. The second-order valence-electron chi connectivity index (χ2n) is 5.73. The van der Waals surface area contributed by atoms with E-state index in [1.165, 1.54) is 0 Å². The van der Waals surface area contributed by atoms with E-state index in [1.54, 1.807) is 0 Å². The average Bonchev–Trinajstić information content (AvgIpc) is 2.21. The monoisotopic (exact) mass is 272 g/mol. The van der Waals surface area contributed by atoms with Crippen LogP contribution >= 0.6 is 0 Å². The Labute approximate surface area is 110 Å². The van der Waals surface area contributed by atoms with E-state index >= 15 is 0 Å². The van der Waals surface area contributed by atoms with Gasteiger partial charge in [-0.3, -0.25) is 0 Å². The molecule has 0 aliphatic rings. The first kappa shape index (κ1) is 17.0. The van der Waals surface area contributed by atoms with E-state index in [2.05, 4.69) is 38.7 Å². The minimum Gasteiger partial charge on any atom is -0.457 e. The van der Waals surface area contributed by atoms with Crippen molar-refractivity contribution in [3.8, 4) is 0 Å². The number of unbranched alkanes of at least 4 members (excludes halogenated alkanes) is 1. The van der Waals surface area contributed by atoms with Crippen molar-refractivity contribution in [2.45, 2.75) is 51.7 Å². The molecule has 0 aliphatic carbocycles. The van der Waals surface area contributed by atoms with E-state index in [9.17, 15) is 4.79 Å². The van der Waals surface area contributed by atoms with Gasteiger partial charge < -0.3 is 14.7 Å². The van der Waals surface area contributed by atoms with E-state index < -0.39 is 14.3 Å². The number of ether oxygens (including phenoxy) is 1. The molecule has 0 atom stereocenters. The predicted octanol–water partition coefficient (Wildman–Crippen LogP) is 2.63. The van der Waals surface area contributed by atoms with Gasteiger partial charge in [-0.25, -0.2) is 4.79 Å². The summed E-state index contributed by atoms with van der Waals surface area (Å²) in [5, 5.41) is 0.219. The zero-order valence-corrected chi connectivity index (χ0v) is 13.0. The van der Waals surface area contributed by atoms with Gasteiger partial charge in [0.15, 0.2) is 8.32 Å². The molecule has 5 nitrogen and oxygen atoms in total. The fraction of sp³-hybridized carbons (Fsp3) is 0.833. The van der Waals surface area contributed by atoms with Gasteiger partial charge in [-0.15, -0.1) is 0 Å². The van der Waals surface area contributed by atoms with Gasteiger partial charge in [0, 0.05) is 6.61 Å². The van der Waals surface area contributed by atoms with Crippen molar-refractivity contribution in [1.29, 1.82) is 0 Å². The molecule has 0 bridgehead atoms. The Balaban J connectivity index is 3.69. The lowest BCUT2D eigenvalue weighted by Gasteiger charge is -2.36. The lowest BCUT2D eigenvalue weighted by Crippen LogP contribution is -2.41. The van der Waals surface area contributed by atoms with Crippen LogP contribution < -0.4 is 0 Å². The number of hydrogen-bond donors (Lipinski definition) is 0. The summed E-state index contributed by atoms with van der Waals surface area (Å²) in [4.78, 5) is 13.4. The predicted molar refractivity (Wildman–Crippen MR) is 73.0 cm³/mol. The molecule has 104 valence electrons. The fourth-order valence-corrected chi connectivity index (χ4v) is 2.09. The van der Waals surface area contributed by atoms with Crippen LogP contribution in [0.3, 0.4) is 0 Å². The minimum absolute atomic E-state index is 0.219. The normalized spacial score (nSPS) is 11.8. The number of rotatable bonds is 7. The second kappa shape index (κ2) is 7.46. The van der Waals surface area contributed by atoms with Crippen molar-refractivity contribution >= 4 is 20.5 Å². The van der Waals surface area contributed by atoms with E-state index in [-0.39, 0.29) is 5.04 Å². The Morgan fingerprint density at radius 1 is 1.28 bits per heavy atom. The van der Waals surface area contributed by atoms with Crippen LogP contribution in [0.15, 0.2) is 0 Å². The molecule has 0 heterocycles. The highest BCUT2D eigenvalue weighted by Crippen LogP contribution is 2.36. The quantitative estimate of drug-likeness (QED) is 0.179. The molecule has 0 fully saturated rings. The van der Waals surface area contributed by atoms with Crippen LogP contribution in [0.25, 0.3) is 5.53 Å². The van der Waals surface area contributed by atoms with E-state index in [1.807, 2.05) is 0 Å². The summed E-state index contributed by atoms with van der Waals surface area (Å²) in [5.74, 6) is -0.622. The highest BCUT2D eigenvalue weighted by Gasteiger charge is 2.36. The molecule has 0 N–H and O–H groups in total. The van der Waals surface area contributed by atoms with Gasteiger partial charge in [-0.2, -0.15) is 4.79 Å². The summed E-state index contributed by atoms with van der Waals surface area (Å²) in [5.41, 5.74) is 8.10. The largest absolute Gasteiger partial charge is 0.457 e. The van der Waals surface area contributed by atoms with Crippen LogP contribution in [-0.2, 0) is 14.0 Å². The van der Waals surface area contributed by atoms with Crippen molar-refractivity contribution in [1.82, 2.24) is 0 Å². The molecule has 0 unspecified atom stereocenters. The Kier molecular flexibility index (Phi) is 7.06. The maximum atomic E-state index is 10.8. The first-order valence-corrected chi connectivity index (χ1v) is 9.09. The molecular weight excluding hydrogens is 248 g/mol. The number of nitrogens with zero attached hydrogens (tertiary/aromatic N) is 2. The molecule has 0 rings (SSSR count). The van der Waals surface area contributed by atoms with Crippen LogP contribution in [-0.4, -0.2) is 38.5 Å². The Bertz CT molecular complexity index is 318. The Morgan fingerprint density at radius 2 is 1.83 bits per heavy atom. The van der Waals surface area contributed by atoms with Crippen LogP contribution in [0.5, 0.6) is 0 Å². The van der Waals surface area contributed by atoms with Crippen molar-refractivity contribution in [3.05, 3.63) is 5.53 Å². The second-order valence-corrected chi connectivity index (χ2v) is 10.5. The molecule has 0 aromatic carbocycles. The molecule has 0 aromatic heterocycles. The smallest absolute Gasteiger partial charge is 0.413 e. The number of esters is 1.